The number of hydrogen-bond acceptors (Lipinski definition) is 5. The minimum atomic E-state index is -1.27. The molecule has 0 aliphatic rings. The van der Waals surface area contributed by atoms with Crippen LogP contribution >= 0.6 is 0 Å². The number of carbonyl (C=O) groups is 3. The molecule has 2 amide bonds. The molecule has 1 heterocycles. The van der Waals surface area contributed by atoms with Crippen LogP contribution in [0.25, 0.3) is 6.08 Å². The van der Waals surface area contributed by atoms with Gasteiger partial charge in [-0.05, 0) is 35.9 Å². The molecule has 0 aliphatic carbocycles. The molecule has 0 bridgehead atoms. The smallest absolute Gasteiger partial charge is 0.267 e. The van der Waals surface area contributed by atoms with Crippen molar-refractivity contribution in [2.45, 2.75) is 6.42 Å². The summed E-state index contributed by atoms with van der Waals surface area (Å²) in [5.41, 5.74) is 1.05. The van der Waals surface area contributed by atoms with Gasteiger partial charge in [0.1, 0.15) is 5.70 Å². The molecular formula is C18H16N3O4-. The summed E-state index contributed by atoms with van der Waals surface area (Å²) in [6.45, 7) is -0.101. The van der Waals surface area contributed by atoms with E-state index in [-0.39, 0.29) is 18.7 Å². The molecule has 2 rings (SSSR count). The molecule has 0 aliphatic heterocycles. The first-order valence-electron chi connectivity index (χ1n) is 7.52. The van der Waals surface area contributed by atoms with Crippen molar-refractivity contribution in [3.05, 3.63) is 71.7 Å². The van der Waals surface area contributed by atoms with Crippen LogP contribution in [0.15, 0.2) is 60.6 Å². The molecule has 0 unspecified atom stereocenters. The molecule has 1 aromatic carbocycles. The molecule has 2 N–H and O–H groups in total. The van der Waals surface area contributed by atoms with Crippen LogP contribution in [0, 0.1) is 0 Å². The zero-order chi connectivity index (χ0) is 18.1. The number of amides is 2. The van der Waals surface area contributed by atoms with Crippen LogP contribution < -0.4 is 15.7 Å². The average molecular weight is 338 g/mol. The zero-order valence-corrected chi connectivity index (χ0v) is 13.3. The van der Waals surface area contributed by atoms with Gasteiger partial charge in [0.15, 0.2) is 0 Å². The van der Waals surface area contributed by atoms with Crippen molar-refractivity contribution < 1.29 is 19.5 Å². The van der Waals surface area contributed by atoms with Gasteiger partial charge in [-0.1, -0.05) is 18.2 Å². The summed E-state index contributed by atoms with van der Waals surface area (Å²) in [4.78, 5) is 38.9. The third-order valence-electron chi connectivity index (χ3n) is 3.16. The number of carboxylic acids is 1. The minimum Gasteiger partial charge on any atom is -0.550 e. The van der Waals surface area contributed by atoms with Crippen LogP contribution in [-0.4, -0.2) is 29.3 Å². The number of carbonyl (C=O) groups excluding carboxylic acids is 3. The summed E-state index contributed by atoms with van der Waals surface area (Å²) >= 11 is 0. The van der Waals surface area contributed by atoms with E-state index in [1.165, 1.54) is 6.08 Å². The lowest BCUT2D eigenvalue weighted by molar-refractivity contribution is -0.305. The van der Waals surface area contributed by atoms with Crippen LogP contribution in [0.1, 0.15) is 22.3 Å². The lowest BCUT2D eigenvalue weighted by Crippen LogP contribution is -2.37. The molecule has 25 heavy (non-hydrogen) atoms. The van der Waals surface area contributed by atoms with Crippen molar-refractivity contribution in [2.75, 3.05) is 6.54 Å². The molecule has 0 saturated heterocycles. The second kappa shape index (κ2) is 8.97. The molecule has 7 nitrogen and oxygen atoms in total. The Labute approximate surface area is 144 Å². The van der Waals surface area contributed by atoms with E-state index in [0.717, 1.165) is 0 Å². The highest BCUT2D eigenvalue weighted by molar-refractivity contribution is 6.05. The first kappa shape index (κ1) is 17.9. The van der Waals surface area contributed by atoms with Crippen molar-refractivity contribution in [1.82, 2.24) is 15.6 Å². The third-order valence-corrected chi connectivity index (χ3v) is 3.16. The second-order valence-corrected chi connectivity index (χ2v) is 5.04. The molecule has 0 radical (unpaired) electrons. The number of carboxylic acid groups (broad SMARTS) is 1. The van der Waals surface area contributed by atoms with E-state index in [2.05, 4.69) is 15.6 Å². The summed E-state index contributed by atoms with van der Waals surface area (Å²) in [5.74, 6) is -2.31. The largest absolute Gasteiger partial charge is 0.550 e. The Hall–Kier alpha value is -3.48. The van der Waals surface area contributed by atoms with Gasteiger partial charge < -0.3 is 20.5 Å². The first-order valence-corrected chi connectivity index (χ1v) is 7.52. The van der Waals surface area contributed by atoms with Gasteiger partial charge in [0, 0.05) is 36.9 Å². The second-order valence-electron chi connectivity index (χ2n) is 5.04. The van der Waals surface area contributed by atoms with Crippen LogP contribution in [0.4, 0.5) is 0 Å². The van der Waals surface area contributed by atoms with Crippen molar-refractivity contribution in [2.24, 2.45) is 0 Å². The molecule has 0 spiro atoms. The first-order chi connectivity index (χ1) is 12.1. The maximum absolute atomic E-state index is 12.3. The van der Waals surface area contributed by atoms with Crippen molar-refractivity contribution in [1.29, 1.82) is 0 Å². The fourth-order valence-electron chi connectivity index (χ4n) is 1.94. The molecule has 0 fully saturated rings. The monoisotopic (exact) mass is 338 g/mol. The topological polar surface area (TPSA) is 111 Å². The number of aliphatic carboxylic acids is 1. The lowest BCUT2D eigenvalue weighted by atomic mass is 10.2. The van der Waals surface area contributed by atoms with Crippen molar-refractivity contribution >= 4 is 23.9 Å². The van der Waals surface area contributed by atoms with E-state index < -0.39 is 17.8 Å². The standard InChI is InChI=1S/C18H17N3O4/c22-16(23)8-11-20-18(25)15(12-13-6-9-19-10-7-13)21-17(24)14-4-2-1-3-5-14/h1-7,9-10,12H,8,11H2,(H,20,25)(H,21,24)(H,22,23)/p-1/b15-12+. The van der Waals surface area contributed by atoms with Gasteiger partial charge in [-0.2, -0.15) is 0 Å². The van der Waals surface area contributed by atoms with Crippen LogP contribution in [0.3, 0.4) is 0 Å². The maximum atomic E-state index is 12.3. The Kier molecular flexibility index (Phi) is 6.41. The Morgan fingerprint density at radius 1 is 1.04 bits per heavy atom. The number of benzene rings is 1. The van der Waals surface area contributed by atoms with Crippen LogP contribution in [0.5, 0.6) is 0 Å². The number of aromatic nitrogens is 1. The van der Waals surface area contributed by atoms with E-state index in [1.807, 2.05) is 0 Å². The Morgan fingerprint density at radius 2 is 1.72 bits per heavy atom. The maximum Gasteiger partial charge on any atom is 0.267 e. The zero-order valence-electron chi connectivity index (χ0n) is 13.3. The fourth-order valence-corrected chi connectivity index (χ4v) is 1.94. The van der Waals surface area contributed by atoms with Gasteiger partial charge in [0.2, 0.25) is 0 Å². The number of nitrogens with one attached hydrogen (secondary N) is 2. The van der Waals surface area contributed by atoms with Gasteiger partial charge in [0.05, 0.1) is 0 Å². The summed E-state index contributed by atoms with van der Waals surface area (Å²) in [7, 11) is 0. The number of pyridine rings is 1. The molecule has 0 saturated carbocycles. The summed E-state index contributed by atoms with van der Waals surface area (Å²) in [6, 6.07) is 11.8. The van der Waals surface area contributed by atoms with E-state index in [9.17, 15) is 19.5 Å². The number of hydrogen-bond donors (Lipinski definition) is 2. The molecule has 0 atom stereocenters. The quantitative estimate of drug-likeness (QED) is 0.696. The average Bonchev–Trinajstić information content (AvgIpc) is 2.62. The fraction of sp³-hybridized carbons (Fsp3) is 0.111. The van der Waals surface area contributed by atoms with E-state index >= 15 is 0 Å². The van der Waals surface area contributed by atoms with Gasteiger partial charge in [-0.3, -0.25) is 14.6 Å². The van der Waals surface area contributed by atoms with E-state index in [4.69, 9.17) is 0 Å². The number of nitrogens with zero attached hydrogens (tertiary/aromatic N) is 1. The highest BCUT2D eigenvalue weighted by atomic mass is 16.4. The minimum absolute atomic E-state index is 0.00148. The molecule has 7 heteroatoms. The highest BCUT2D eigenvalue weighted by Crippen LogP contribution is 2.06. The summed E-state index contributed by atoms with van der Waals surface area (Å²) in [6.07, 6.45) is 4.27. The normalized spacial score (nSPS) is 10.8. The van der Waals surface area contributed by atoms with Crippen LogP contribution in [0.2, 0.25) is 0 Å². The highest BCUT2D eigenvalue weighted by Gasteiger charge is 2.14. The Balaban J connectivity index is 2.17. The lowest BCUT2D eigenvalue weighted by Gasteiger charge is -2.11. The summed E-state index contributed by atoms with van der Waals surface area (Å²) < 4.78 is 0. The summed E-state index contributed by atoms with van der Waals surface area (Å²) in [5, 5.41) is 15.4. The van der Waals surface area contributed by atoms with Gasteiger partial charge in [-0.25, -0.2) is 0 Å². The van der Waals surface area contributed by atoms with Crippen LogP contribution in [-0.2, 0) is 9.59 Å². The van der Waals surface area contributed by atoms with Gasteiger partial charge in [-0.15, -0.1) is 0 Å². The van der Waals surface area contributed by atoms with E-state index in [0.29, 0.717) is 11.1 Å². The molecule has 1 aromatic heterocycles. The molecule has 128 valence electrons. The SMILES string of the molecule is O=C([O-])CCNC(=O)/C(=C\c1ccncc1)NC(=O)c1ccccc1. The predicted octanol–water partition coefficient (Wildman–Crippen LogP) is 0.109. The van der Waals surface area contributed by atoms with Crippen molar-refractivity contribution in [3.8, 4) is 0 Å². The van der Waals surface area contributed by atoms with E-state index in [1.54, 1.807) is 54.9 Å². The molecular weight excluding hydrogens is 322 g/mol. The van der Waals surface area contributed by atoms with Gasteiger partial charge >= 0.3 is 0 Å². The Morgan fingerprint density at radius 3 is 2.36 bits per heavy atom. The van der Waals surface area contributed by atoms with Crippen molar-refractivity contribution in [3.63, 3.8) is 0 Å². The Bertz CT molecular complexity index is 773. The van der Waals surface area contributed by atoms with Gasteiger partial charge in [0.25, 0.3) is 11.8 Å². The number of rotatable bonds is 7. The third kappa shape index (κ3) is 5.91. The molecule has 2 aromatic rings. The predicted molar refractivity (Wildman–Crippen MR) is 88.8 cm³/mol.